The molecular formula is C27H22ClN5O2. The summed E-state index contributed by atoms with van der Waals surface area (Å²) in [6.07, 6.45) is 3.57. The van der Waals surface area contributed by atoms with Crippen LogP contribution in [-0.2, 0) is 6.54 Å². The highest BCUT2D eigenvalue weighted by atomic mass is 35.5. The van der Waals surface area contributed by atoms with Crippen LogP contribution in [0.4, 0.5) is 5.69 Å². The summed E-state index contributed by atoms with van der Waals surface area (Å²) < 4.78 is 7.33. The summed E-state index contributed by atoms with van der Waals surface area (Å²) in [7, 11) is 0. The number of hydrogen-bond acceptors (Lipinski definition) is 5. The van der Waals surface area contributed by atoms with Gasteiger partial charge in [-0.05, 0) is 79.1 Å². The first kappa shape index (κ1) is 22.6. The minimum atomic E-state index is -0.127. The van der Waals surface area contributed by atoms with Crippen molar-refractivity contribution in [2.75, 3.05) is 5.32 Å². The van der Waals surface area contributed by atoms with Crippen molar-refractivity contribution in [3.63, 3.8) is 0 Å². The van der Waals surface area contributed by atoms with Gasteiger partial charge < -0.3 is 14.4 Å². The van der Waals surface area contributed by atoms with E-state index in [2.05, 4.69) is 20.4 Å². The molecule has 0 spiro atoms. The molecule has 8 heteroatoms. The molecule has 0 saturated carbocycles. The Kier molecular flexibility index (Phi) is 6.16. The number of rotatable bonds is 6. The summed E-state index contributed by atoms with van der Waals surface area (Å²) in [6, 6.07) is 20.7. The van der Waals surface area contributed by atoms with Crippen molar-refractivity contribution in [2.24, 2.45) is 0 Å². The monoisotopic (exact) mass is 483 g/mol. The molecule has 0 unspecified atom stereocenters. The quantitative estimate of drug-likeness (QED) is 0.312. The van der Waals surface area contributed by atoms with Crippen LogP contribution in [0.25, 0.3) is 23.0 Å². The summed E-state index contributed by atoms with van der Waals surface area (Å²) in [5, 5.41) is 7.63. The van der Waals surface area contributed by atoms with E-state index in [-0.39, 0.29) is 5.91 Å². The van der Waals surface area contributed by atoms with Crippen molar-refractivity contribution in [3.05, 3.63) is 107 Å². The summed E-state index contributed by atoms with van der Waals surface area (Å²) >= 11 is 5.94. The van der Waals surface area contributed by atoms with E-state index >= 15 is 0 Å². The molecular weight excluding hydrogens is 462 g/mol. The van der Waals surface area contributed by atoms with E-state index in [4.69, 9.17) is 16.1 Å². The van der Waals surface area contributed by atoms with Crippen LogP contribution < -0.4 is 5.32 Å². The molecule has 0 bridgehead atoms. The molecule has 1 N–H and O–H groups in total. The maximum atomic E-state index is 12.5. The third-order valence-corrected chi connectivity index (χ3v) is 5.98. The van der Waals surface area contributed by atoms with Gasteiger partial charge in [-0.15, -0.1) is 0 Å². The molecule has 1 amide bonds. The molecule has 7 nitrogen and oxygen atoms in total. The van der Waals surface area contributed by atoms with Crippen molar-refractivity contribution >= 4 is 23.2 Å². The van der Waals surface area contributed by atoms with E-state index in [9.17, 15) is 4.79 Å². The van der Waals surface area contributed by atoms with Crippen LogP contribution in [0.5, 0.6) is 0 Å². The van der Waals surface area contributed by atoms with E-state index in [1.807, 2.05) is 79.2 Å². The Morgan fingerprint density at radius 3 is 2.51 bits per heavy atom. The lowest BCUT2D eigenvalue weighted by molar-refractivity contribution is 0.102. The van der Waals surface area contributed by atoms with Crippen molar-refractivity contribution in [3.8, 4) is 23.0 Å². The van der Waals surface area contributed by atoms with Gasteiger partial charge in [-0.3, -0.25) is 4.79 Å². The minimum absolute atomic E-state index is 0.127. The van der Waals surface area contributed by atoms with Crippen LogP contribution in [0, 0.1) is 13.8 Å². The number of aromatic nitrogens is 4. The lowest BCUT2D eigenvalue weighted by Gasteiger charge is -2.08. The predicted molar refractivity (Wildman–Crippen MR) is 135 cm³/mol. The van der Waals surface area contributed by atoms with Crippen molar-refractivity contribution < 1.29 is 9.32 Å². The number of nitrogens with zero attached hydrogens (tertiary/aromatic N) is 4. The van der Waals surface area contributed by atoms with Gasteiger partial charge in [0.15, 0.2) is 0 Å². The van der Waals surface area contributed by atoms with Gasteiger partial charge in [0.05, 0.1) is 6.33 Å². The molecule has 0 aliphatic heterocycles. The normalized spacial score (nSPS) is 10.9. The largest absolute Gasteiger partial charge is 0.332 e. The fraction of sp³-hybridized carbons (Fsp3) is 0.111. The van der Waals surface area contributed by atoms with Crippen LogP contribution in [-0.4, -0.2) is 25.6 Å². The smallest absolute Gasteiger partial charge is 0.278 e. The SMILES string of the molecule is Cc1ccc(C(=O)Nc2ccc(Cn3cnc(-c4nc(-c5ccc(Cl)cc5)no4)c3)cc2)cc1C. The van der Waals surface area contributed by atoms with Crippen molar-refractivity contribution in [1.82, 2.24) is 19.7 Å². The number of benzene rings is 3. The average Bonchev–Trinajstić information content (AvgIpc) is 3.52. The second kappa shape index (κ2) is 9.56. The number of imidazole rings is 1. The summed E-state index contributed by atoms with van der Waals surface area (Å²) in [4.78, 5) is 21.4. The summed E-state index contributed by atoms with van der Waals surface area (Å²) in [5.74, 6) is 0.695. The Labute approximate surface area is 207 Å². The topological polar surface area (TPSA) is 85.8 Å². The average molecular weight is 484 g/mol. The van der Waals surface area contributed by atoms with Crippen LogP contribution in [0.2, 0.25) is 5.02 Å². The van der Waals surface area contributed by atoms with Crippen LogP contribution in [0.15, 0.2) is 83.8 Å². The highest BCUT2D eigenvalue weighted by Gasteiger charge is 2.13. The zero-order chi connectivity index (χ0) is 24.4. The maximum absolute atomic E-state index is 12.5. The number of halogens is 1. The number of carbonyl (C=O) groups is 1. The molecule has 35 heavy (non-hydrogen) atoms. The van der Waals surface area contributed by atoms with Gasteiger partial charge in [-0.25, -0.2) is 4.98 Å². The lowest BCUT2D eigenvalue weighted by atomic mass is 10.1. The van der Waals surface area contributed by atoms with Crippen LogP contribution >= 0.6 is 11.6 Å². The van der Waals surface area contributed by atoms with Gasteiger partial charge in [0, 0.05) is 34.6 Å². The third-order valence-electron chi connectivity index (χ3n) is 5.73. The highest BCUT2D eigenvalue weighted by molar-refractivity contribution is 6.30. The number of nitrogens with one attached hydrogen (secondary N) is 1. The molecule has 5 aromatic rings. The molecule has 2 aromatic heterocycles. The zero-order valence-electron chi connectivity index (χ0n) is 19.2. The molecule has 0 fully saturated rings. The van der Waals surface area contributed by atoms with E-state index < -0.39 is 0 Å². The summed E-state index contributed by atoms with van der Waals surface area (Å²) in [6.45, 7) is 4.63. The van der Waals surface area contributed by atoms with E-state index in [0.29, 0.717) is 34.5 Å². The molecule has 0 radical (unpaired) electrons. The van der Waals surface area contributed by atoms with Gasteiger partial charge in [0.25, 0.3) is 11.8 Å². The Hall–Kier alpha value is -4.23. The predicted octanol–water partition coefficient (Wildman–Crippen LogP) is 6.17. The second-order valence-corrected chi connectivity index (χ2v) is 8.75. The Morgan fingerprint density at radius 2 is 1.77 bits per heavy atom. The third kappa shape index (κ3) is 5.15. The van der Waals surface area contributed by atoms with Gasteiger partial charge in [-0.1, -0.05) is 35.0 Å². The Morgan fingerprint density at radius 1 is 1.00 bits per heavy atom. The molecule has 5 rings (SSSR count). The first-order valence-corrected chi connectivity index (χ1v) is 11.4. The molecule has 3 aromatic carbocycles. The molecule has 174 valence electrons. The van der Waals surface area contributed by atoms with Crippen LogP contribution in [0.3, 0.4) is 0 Å². The minimum Gasteiger partial charge on any atom is -0.332 e. The summed E-state index contributed by atoms with van der Waals surface area (Å²) in [5.41, 5.74) is 6.10. The molecule has 0 aliphatic carbocycles. The molecule has 2 heterocycles. The Bertz CT molecular complexity index is 1490. The first-order valence-electron chi connectivity index (χ1n) is 11.0. The van der Waals surface area contributed by atoms with E-state index in [1.165, 1.54) is 0 Å². The molecule has 0 atom stereocenters. The fourth-order valence-electron chi connectivity index (χ4n) is 3.59. The maximum Gasteiger partial charge on any atom is 0.278 e. The molecule has 0 saturated heterocycles. The Balaban J connectivity index is 1.23. The lowest BCUT2D eigenvalue weighted by Crippen LogP contribution is -2.12. The standard InChI is InChI=1S/C27H22ClN5O2/c1-17-3-6-21(13-18(17)2)26(34)30-23-11-4-19(5-12-23)14-33-15-24(29-16-33)27-31-25(32-35-27)20-7-9-22(28)10-8-20/h3-13,15-16H,14H2,1-2H3,(H,30,34). The van der Waals surface area contributed by atoms with Crippen molar-refractivity contribution in [2.45, 2.75) is 20.4 Å². The van der Waals surface area contributed by atoms with Gasteiger partial charge in [-0.2, -0.15) is 4.98 Å². The van der Waals surface area contributed by atoms with E-state index in [0.717, 1.165) is 27.9 Å². The number of anilines is 1. The number of aryl methyl sites for hydroxylation is 2. The van der Waals surface area contributed by atoms with Gasteiger partial charge in [0.2, 0.25) is 5.82 Å². The van der Waals surface area contributed by atoms with E-state index in [1.54, 1.807) is 18.5 Å². The second-order valence-electron chi connectivity index (χ2n) is 8.31. The van der Waals surface area contributed by atoms with Gasteiger partial charge >= 0.3 is 0 Å². The van der Waals surface area contributed by atoms with Gasteiger partial charge in [0.1, 0.15) is 5.69 Å². The van der Waals surface area contributed by atoms with Crippen molar-refractivity contribution in [1.29, 1.82) is 0 Å². The fourth-order valence-corrected chi connectivity index (χ4v) is 3.72. The first-order chi connectivity index (χ1) is 16.9. The van der Waals surface area contributed by atoms with Crippen LogP contribution in [0.1, 0.15) is 27.0 Å². The zero-order valence-corrected chi connectivity index (χ0v) is 20.0. The number of hydrogen-bond donors (Lipinski definition) is 1. The molecule has 0 aliphatic rings. The number of carbonyl (C=O) groups excluding carboxylic acids is 1. The number of amides is 1. The highest BCUT2D eigenvalue weighted by Crippen LogP contribution is 2.23.